The number of aliphatic hydroxyl groups is 8. The second-order valence-electron chi connectivity index (χ2n) is 18.7. The van der Waals surface area contributed by atoms with Gasteiger partial charge in [0, 0.05) is 6.42 Å². The van der Waals surface area contributed by atoms with Gasteiger partial charge in [-0.15, -0.1) is 0 Å². The Labute approximate surface area is 381 Å². The Morgan fingerprint density at radius 2 is 0.905 bits per heavy atom. The van der Waals surface area contributed by atoms with Crippen LogP contribution in [0.25, 0.3) is 0 Å². The molecule has 0 aromatic carbocycles. The van der Waals surface area contributed by atoms with Crippen molar-refractivity contribution in [3.05, 3.63) is 0 Å². The molecule has 2 aliphatic rings. The number of nitrogens with one attached hydrogen (secondary N) is 1. The van der Waals surface area contributed by atoms with Gasteiger partial charge in [-0.1, -0.05) is 194 Å². The van der Waals surface area contributed by atoms with Crippen LogP contribution in [0, 0.1) is 0 Å². The summed E-state index contributed by atoms with van der Waals surface area (Å²) in [6.45, 7) is 2.85. The standard InChI is InChI=1S/C49H95NO13/c1-3-5-7-9-11-13-15-16-17-18-19-20-21-22-23-24-26-28-30-32-38(53)37(50-41(54)33-31-29-27-25-14-12-10-8-6-4-2)36-60-48-46(59)44(57)47(40(35-52)62-48)63-49-45(58)43(56)42(55)39(34-51)61-49/h37-40,42-49,51-53,55-59H,3-36H2,1-2H3,(H,50,54). The number of rotatable bonds is 40. The van der Waals surface area contributed by atoms with Crippen molar-refractivity contribution in [2.75, 3.05) is 19.8 Å². The van der Waals surface area contributed by atoms with E-state index in [1.165, 1.54) is 135 Å². The SMILES string of the molecule is CCCCCCCCCCCCCCCCCCCCCC(O)C(COC1OC(CO)C(OC2OC(CO)C(O)C(O)C2O)C(O)C1O)NC(=O)CCCCCCCCCCCC. The molecule has 0 aromatic heterocycles. The highest BCUT2D eigenvalue weighted by molar-refractivity contribution is 5.76. The normalized spacial score (nSPS) is 27.4. The van der Waals surface area contributed by atoms with Gasteiger partial charge < -0.3 is 65.1 Å². The molecule has 12 unspecified atom stereocenters. The first-order chi connectivity index (χ1) is 30.6. The van der Waals surface area contributed by atoms with Crippen LogP contribution in [0.2, 0.25) is 0 Å². The van der Waals surface area contributed by atoms with E-state index in [9.17, 15) is 45.6 Å². The molecule has 0 aliphatic carbocycles. The molecule has 12 atom stereocenters. The summed E-state index contributed by atoms with van der Waals surface area (Å²) in [4.78, 5) is 13.1. The second-order valence-corrected chi connectivity index (χ2v) is 18.7. The molecule has 63 heavy (non-hydrogen) atoms. The Balaban J connectivity index is 1.80. The largest absolute Gasteiger partial charge is 0.394 e. The van der Waals surface area contributed by atoms with E-state index >= 15 is 0 Å². The molecule has 0 bridgehead atoms. The molecule has 2 saturated heterocycles. The molecule has 0 saturated carbocycles. The van der Waals surface area contributed by atoms with Gasteiger partial charge in [-0.25, -0.2) is 0 Å². The Kier molecular flexibility index (Phi) is 34.2. The Morgan fingerprint density at radius 3 is 1.35 bits per heavy atom. The number of unbranched alkanes of at least 4 members (excludes halogenated alkanes) is 27. The van der Waals surface area contributed by atoms with Crippen molar-refractivity contribution in [2.24, 2.45) is 0 Å². The van der Waals surface area contributed by atoms with Crippen LogP contribution in [0.4, 0.5) is 0 Å². The molecule has 9 N–H and O–H groups in total. The first kappa shape index (κ1) is 58.1. The lowest BCUT2D eigenvalue weighted by molar-refractivity contribution is -0.359. The molecule has 2 aliphatic heterocycles. The van der Waals surface area contributed by atoms with Crippen molar-refractivity contribution in [1.82, 2.24) is 5.32 Å². The van der Waals surface area contributed by atoms with Gasteiger partial charge in [0.1, 0.15) is 48.8 Å². The van der Waals surface area contributed by atoms with E-state index in [0.29, 0.717) is 12.8 Å². The predicted molar refractivity (Wildman–Crippen MR) is 245 cm³/mol. The molecule has 374 valence electrons. The predicted octanol–water partition coefficient (Wildman–Crippen LogP) is 6.61. The number of amides is 1. The van der Waals surface area contributed by atoms with Crippen LogP contribution in [-0.2, 0) is 23.7 Å². The van der Waals surface area contributed by atoms with Crippen LogP contribution in [0.15, 0.2) is 0 Å². The monoisotopic (exact) mass is 906 g/mol. The van der Waals surface area contributed by atoms with E-state index in [0.717, 1.165) is 51.4 Å². The number of hydrogen-bond donors (Lipinski definition) is 9. The summed E-state index contributed by atoms with van der Waals surface area (Å²) in [5.41, 5.74) is 0. The highest BCUT2D eigenvalue weighted by Crippen LogP contribution is 2.30. The fourth-order valence-electron chi connectivity index (χ4n) is 8.83. The van der Waals surface area contributed by atoms with Gasteiger partial charge >= 0.3 is 0 Å². The maximum Gasteiger partial charge on any atom is 0.220 e. The van der Waals surface area contributed by atoms with Crippen LogP contribution in [0.3, 0.4) is 0 Å². The third kappa shape index (κ3) is 24.5. The number of carbonyl (C=O) groups excluding carboxylic acids is 1. The van der Waals surface area contributed by atoms with Crippen molar-refractivity contribution < 1.29 is 64.6 Å². The first-order valence-electron chi connectivity index (χ1n) is 25.8. The molecule has 2 fully saturated rings. The molecule has 2 rings (SSSR count). The Hall–Kier alpha value is -1.01. The zero-order chi connectivity index (χ0) is 46.1. The first-order valence-corrected chi connectivity index (χ1v) is 25.8. The van der Waals surface area contributed by atoms with E-state index in [-0.39, 0.29) is 12.5 Å². The molecule has 0 spiro atoms. The van der Waals surface area contributed by atoms with Crippen molar-refractivity contribution in [3.63, 3.8) is 0 Å². The van der Waals surface area contributed by atoms with E-state index in [4.69, 9.17) is 18.9 Å². The zero-order valence-electron chi connectivity index (χ0n) is 39.6. The number of aliphatic hydroxyl groups excluding tert-OH is 8. The van der Waals surface area contributed by atoms with Crippen LogP contribution < -0.4 is 5.32 Å². The molecule has 0 aromatic rings. The Morgan fingerprint density at radius 1 is 0.508 bits per heavy atom. The highest BCUT2D eigenvalue weighted by Gasteiger charge is 2.51. The third-order valence-corrected chi connectivity index (χ3v) is 13.1. The molecular formula is C49H95NO13. The fourth-order valence-corrected chi connectivity index (χ4v) is 8.83. The maximum atomic E-state index is 13.1. The molecular weight excluding hydrogens is 811 g/mol. The van der Waals surface area contributed by atoms with Crippen LogP contribution >= 0.6 is 0 Å². The van der Waals surface area contributed by atoms with E-state index < -0.39 is 86.8 Å². The van der Waals surface area contributed by atoms with Gasteiger partial charge in [-0.05, 0) is 12.8 Å². The molecule has 2 heterocycles. The van der Waals surface area contributed by atoms with Crippen molar-refractivity contribution in [2.45, 2.75) is 286 Å². The summed E-state index contributed by atoms with van der Waals surface area (Å²) < 4.78 is 22.7. The summed E-state index contributed by atoms with van der Waals surface area (Å²) in [7, 11) is 0. The number of carbonyl (C=O) groups is 1. The summed E-state index contributed by atoms with van der Waals surface area (Å²) in [5.74, 6) is -0.207. The van der Waals surface area contributed by atoms with Crippen molar-refractivity contribution in [1.29, 1.82) is 0 Å². The van der Waals surface area contributed by atoms with Gasteiger partial charge in [0.15, 0.2) is 12.6 Å². The van der Waals surface area contributed by atoms with Gasteiger partial charge in [0.2, 0.25) is 5.91 Å². The minimum Gasteiger partial charge on any atom is -0.394 e. The topological polar surface area (TPSA) is 228 Å². The van der Waals surface area contributed by atoms with Gasteiger partial charge in [0.05, 0.1) is 32.0 Å². The van der Waals surface area contributed by atoms with Gasteiger partial charge in [-0.2, -0.15) is 0 Å². The van der Waals surface area contributed by atoms with E-state index in [1.54, 1.807) is 0 Å². The molecule has 14 heteroatoms. The van der Waals surface area contributed by atoms with Crippen LogP contribution in [0.1, 0.15) is 213 Å². The Bertz CT molecular complexity index is 1070. The average Bonchev–Trinajstić information content (AvgIpc) is 3.28. The smallest absolute Gasteiger partial charge is 0.220 e. The average molecular weight is 906 g/mol. The lowest BCUT2D eigenvalue weighted by Gasteiger charge is -2.46. The summed E-state index contributed by atoms with van der Waals surface area (Å²) in [6.07, 6.45) is 19.7. The number of hydrogen-bond acceptors (Lipinski definition) is 13. The highest BCUT2D eigenvalue weighted by atomic mass is 16.7. The van der Waals surface area contributed by atoms with Crippen LogP contribution in [0.5, 0.6) is 0 Å². The minimum absolute atomic E-state index is 0.207. The lowest BCUT2D eigenvalue weighted by Crippen LogP contribution is -2.65. The quantitative estimate of drug-likeness (QED) is 0.0296. The fraction of sp³-hybridized carbons (Fsp3) is 0.980. The minimum atomic E-state index is -1.78. The van der Waals surface area contributed by atoms with Crippen molar-refractivity contribution in [3.8, 4) is 0 Å². The van der Waals surface area contributed by atoms with Gasteiger partial charge in [-0.3, -0.25) is 4.79 Å². The van der Waals surface area contributed by atoms with Gasteiger partial charge in [0.25, 0.3) is 0 Å². The van der Waals surface area contributed by atoms with E-state index in [1.807, 2.05) is 0 Å². The third-order valence-electron chi connectivity index (χ3n) is 13.1. The zero-order valence-corrected chi connectivity index (χ0v) is 39.6. The second kappa shape index (κ2) is 37.0. The van der Waals surface area contributed by atoms with Crippen LogP contribution in [-0.4, -0.2) is 140 Å². The number of ether oxygens (including phenoxy) is 4. The maximum absolute atomic E-state index is 13.1. The van der Waals surface area contributed by atoms with Crippen molar-refractivity contribution >= 4 is 5.91 Å². The molecule has 1 amide bonds. The van der Waals surface area contributed by atoms with E-state index in [2.05, 4.69) is 19.2 Å². The molecule has 0 radical (unpaired) electrons. The molecule has 14 nitrogen and oxygen atoms in total. The summed E-state index contributed by atoms with van der Waals surface area (Å²) in [5, 5.41) is 86.8. The lowest BCUT2D eigenvalue weighted by atomic mass is 9.97. The summed E-state index contributed by atoms with van der Waals surface area (Å²) >= 11 is 0. The summed E-state index contributed by atoms with van der Waals surface area (Å²) in [6, 6.07) is -0.820.